The van der Waals surface area contributed by atoms with Crippen LogP contribution in [0.15, 0.2) is 72.8 Å². The number of aromatic amines is 1. The smallest absolute Gasteiger partial charge is 0.344 e. The molecule has 1 saturated carbocycles. The van der Waals surface area contributed by atoms with Crippen LogP contribution in [0, 0.1) is 23.2 Å². The summed E-state index contributed by atoms with van der Waals surface area (Å²) in [4.78, 5) is 53.7. The van der Waals surface area contributed by atoms with Gasteiger partial charge in [0.15, 0.2) is 6.10 Å². The number of ether oxygens (including phenoxy) is 4. The third kappa shape index (κ3) is 6.39. The van der Waals surface area contributed by atoms with Crippen LogP contribution in [0.3, 0.4) is 0 Å². The number of carbonyl (C=O) groups is 3. The number of esters is 3. The summed E-state index contributed by atoms with van der Waals surface area (Å²) >= 11 is 0. The lowest BCUT2D eigenvalue weighted by molar-refractivity contribution is -0.228. The van der Waals surface area contributed by atoms with Gasteiger partial charge in [-0.05, 0) is 98.5 Å². The van der Waals surface area contributed by atoms with Crippen LogP contribution in [0.2, 0.25) is 0 Å². The van der Waals surface area contributed by atoms with Gasteiger partial charge in [-0.1, -0.05) is 56.0 Å². The number of methoxy groups -OCH3 is 3. The summed E-state index contributed by atoms with van der Waals surface area (Å²) in [5.41, 5.74) is -0.316. The van der Waals surface area contributed by atoms with Gasteiger partial charge in [0.25, 0.3) is 0 Å². The summed E-state index contributed by atoms with van der Waals surface area (Å²) in [7, 11) is 6.15. The third-order valence-corrected chi connectivity index (χ3v) is 16.8. The number of aromatic nitrogens is 1. The molecule has 0 amide bonds. The van der Waals surface area contributed by atoms with E-state index in [-0.39, 0.29) is 18.4 Å². The van der Waals surface area contributed by atoms with Crippen LogP contribution in [0.25, 0.3) is 10.9 Å². The minimum absolute atomic E-state index is 0.143. The van der Waals surface area contributed by atoms with Gasteiger partial charge < -0.3 is 39.0 Å². The molecule has 2 unspecified atom stereocenters. The first-order valence-electron chi connectivity index (χ1n) is 23.8. The summed E-state index contributed by atoms with van der Waals surface area (Å²) in [6.07, 6.45) is 5.73. The fourth-order valence-electron chi connectivity index (χ4n) is 14.3. The monoisotopic (exact) mass is 910 g/mol. The molecule has 13 heteroatoms. The van der Waals surface area contributed by atoms with Crippen molar-refractivity contribution in [2.45, 2.75) is 99.5 Å². The molecule has 5 aliphatic heterocycles. The summed E-state index contributed by atoms with van der Waals surface area (Å²) in [6, 6.07) is 18.8. The van der Waals surface area contributed by atoms with Crippen LogP contribution in [-0.4, -0.2) is 133 Å². The van der Waals surface area contributed by atoms with Crippen molar-refractivity contribution in [1.82, 2.24) is 14.8 Å². The van der Waals surface area contributed by atoms with Gasteiger partial charge in [-0.15, -0.1) is 0 Å². The average molecular weight is 911 g/mol. The number of nitrogens with one attached hydrogen (secondary N) is 1. The van der Waals surface area contributed by atoms with Crippen molar-refractivity contribution >= 4 is 34.5 Å². The first kappa shape index (κ1) is 45.1. The lowest BCUT2D eigenvalue weighted by Crippen LogP contribution is -2.81. The number of rotatable bonds is 7. The average Bonchev–Trinajstić information content (AvgIpc) is 3.99. The quantitative estimate of drug-likeness (QED) is 0.0944. The van der Waals surface area contributed by atoms with E-state index >= 15 is 4.79 Å². The summed E-state index contributed by atoms with van der Waals surface area (Å²) in [5.74, 6) is 5.00. The first-order valence-corrected chi connectivity index (χ1v) is 23.8. The zero-order valence-electron chi connectivity index (χ0n) is 39.6. The van der Waals surface area contributed by atoms with E-state index in [4.69, 9.17) is 18.9 Å². The third-order valence-electron chi connectivity index (χ3n) is 16.8. The standard InChI is InChI=1S/C54H62N4O9/c1-8-50(62)29-36-30-53(48(60)65-6,44-37(20-24-57(31-36)32-50)38-26-35(18-19-41(38)55-44)17-16-34-14-11-10-12-15-34)40-27-39-42(28-43(40)64-5)56(4)46-52(39)22-25-58-23-13-21-51(9-2,45(52)58)47(67-33(3)59)54(46,63)49(61)66-7/h10-15,18-19,21,26-28,36,45-47,55,62-63H,8-9,20,22-25,29-32H2,1-7H3/t36-,45+,46?,47-,50+,51-,52-,53+,54+/m1/s1. The summed E-state index contributed by atoms with van der Waals surface area (Å²) in [5, 5.41) is 26.5. The second-order valence-electron chi connectivity index (χ2n) is 20.0. The number of nitrogens with zero attached hydrogens (tertiary/aromatic N) is 3. The second kappa shape index (κ2) is 16.3. The highest BCUT2D eigenvalue weighted by atomic mass is 16.6. The highest BCUT2D eigenvalue weighted by molar-refractivity contribution is 5.95. The molecule has 13 nitrogen and oxygen atoms in total. The minimum Gasteiger partial charge on any atom is -0.496 e. The van der Waals surface area contributed by atoms with Crippen molar-refractivity contribution in [3.8, 4) is 17.6 Å². The second-order valence-corrected chi connectivity index (χ2v) is 20.0. The van der Waals surface area contributed by atoms with Gasteiger partial charge in [0.1, 0.15) is 11.2 Å². The Hall–Kier alpha value is -5.65. The van der Waals surface area contributed by atoms with Crippen LogP contribution in [0.4, 0.5) is 5.69 Å². The Kier molecular flexibility index (Phi) is 11.0. The van der Waals surface area contributed by atoms with E-state index in [2.05, 4.69) is 50.9 Å². The van der Waals surface area contributed by atoms with Gasteiger partial charge in [0.05, 0.1) is 33.0 Å². The minimum atomic E-state index is -2.33. The highest BCUT2D eigenvalue weighted by Crippen LogP contribution is 2.68. The molecule has 3 fully saturated rings. The molecular weight excluding hydrogens is 849 g/mol. The Morgan fingerprint density at radius 1 is 0.881 bits per heavy atom. The molecule has 10 atom stereocenters. The van der Waals surface area contributed by atoms with Gasteiger partial charge in [-0.25, -0.2) is 4.79 Å². The van der Waals surface area contributed by atoms with E-state index in [1.807, 2.05) is 74.3 Å². The van der Waals surface area contributed by atoms with Gasteiger partial charge in [-0.2, -0.15) is 0 Å². The lowest BCUT2D eigenvalue weighted by atomic mass is 9.47. The Morgan fingerprint density at radius 2 is 1.64 bits per heavy atom. The van der Waals surface area contributed by atoms with Gasteiger partial charge in [0, 0.05) is 102 Å². The lowest BCUT2D eigenvalue weighted by Gasteiger charge is -2.63. The number of hydrogen-bond donors (Lipinski definition) is 3. The predicted octanol–water partition coefficient (Wildman–Crippen LogP) is 5.39. The van der Waals surface area contributed by atoms with Crippen LogP contribution < -0.4 is 9.64 Å². The number of hydrogen-bond acceptors (Lipinski definition) is 12. The molecule has 4 aromatic rings. The number of piperidine rings is 1. The molecule has 352 valence electrons. The fourth-order valence-corrected chi connectivity index (χ4v) is 14.3. The molecule has 2 bridgehead atoms. The van der Waals surface area contributed by atoms with Crippen LogP contribution >= 0.6 is 0 Å². The molecule has 0 radical (unpaired) electrons. The maximum Gasteiger partial charge on any atom is 0.344 e. The molecule has 6 heterocycles. The number of anilines is 1. The summed E-state index contributed by atoms with van der Waals surface area (Å²) < 4.78 is 24.2. The van der Waals surface area contributed by atoms with Crippen molar-refractivity contribution in [2.75, 3.05) is 66.0 Å². The number of aliphatic hydroxyl groups is 2. The zero-order chi connectivity index (χ0) is 47.3. The van der Waals surface area contributed by atoms with E-state index in [1.54, 1.807) is 7.11 Å². The van der Waals surface area contributed by atoms with Crippen molar-refractivity contribution in [1.29, 1.82) is 0 Å². The molecule has 2 saturated heterocycles. The van der Waals surface area contributed by atoms with Crippen molar-refractivity contribution < 1.29 is 43.5 Å². The van der Waals surface area contributed by atoms with Crippen LogP contribution in [0.5, 0.6) is 5.75 Å². The number of carbonyl (C=O) groups excluding carboxylic acids is 3. The normalized spacial score (nSPS) is 33.7. The molecule has 3 N–H and O–H groups in total. The largest absolute Gasteiger partial charge is 0.496 e. The van der Waals surface area contributed by atoms with Gasteiger partial charge >= 0.3 is 17.9 Å². The number of likely N-dealkylation sites (N-methyl/N-ethyl adjacent to an activating group) is 1. The number of fused-ring (bicyclic) bond motifs is 6. The Balaban J connectivity index is 1.26. The molecule has 67 heavy (non-hydrogen) atoms. The SMILES string of the molecule is CC[C@]1(O)C[C@H]2CN(CCc3c([nH]c4ccc(C#Cc5ccccc5)cc34)[C@@](C(=O)OC)(c3cc4c(cc3OC)N(C)C3[C@]45CCN4CC=C[C@@](CC)([C@@H](OC(C)=O)[C@]3(O)C(=O)OC)[C@H]45)C2)C1. The van der Waals surface area contributed by atoms with E-state index in [0.717, 1.165) is 38.8 Å². The van der Waals surface area contributed by atoms with Crippen molar-refractivity contribution in [3.05, 3.63) is 106 Å². The Labute approximate surface area is 392 Å². The Morgan fingerprint density at radius 3 is 2.34 bits per heavy atom. The van der Waals surface area contributed by atoms with Crippen molar-refractivity contribution in [2.24, 2.45) is 11.3 Å². The van der Waals surface area contributed by atoms with Gasteiger partial charge in [-0.3, -0.25) is 19.4 Å². The molecular formula is C54H62N4O9. The number of H-pyrrole nitrogens is 1. The Bertz CT molecular complexity index is 2760. The topological polar surface area (TPSA) is 154 Å². The predicted molar refractivity (Wildman–Crippen MR) is 253 cm³/mol. The molecule has 3 aromatic carbocycles. The van der Waals surface area contributed by atoms with E-state index in [0.29, 0.717) is 81.8 Å². The maximum atomic E-state index is 15.6. The number of benzene rings is 3. The molecule has 6 aliphatic rings. The zero-order valence-corrected chi connectivity index (χ0v) is 39.6. The van der Waals surface area contributed by atoms with Gasteiger partial charge in [0.2, 0.25) is 5.60 Å². The molecule has 1 aliphatic carbocycles. The van der Waals surface area contributed by atoms with E-state index in [1.165, 1.54) is 21.1 Å². The molecule has 10 rings (SSSR count). The van der Waals surface area contributed by atoms with E-state index < -0.39 is 57.5 Å². The van der Waals surface area contributed by atoms with Crippen LogP contribution in [0.1, 0.15) is 86.4 Å². The fraction of sp³-hybridized carbons (Fsp3) is 0.500. The summed E-state index contributed by atoms with van der Waals surface area (Å²) in [6.45, 7) is 8.47. The van der Waals surface area contributed by atoms with Crippen LogP contribution in [-0.2, 0) is 45.8 Å². The van der Waals surface area contributed by atoms with E-state index in [9.17, 15) is 19.8 Å². The molecule has 1 aromatic heterocycles. The van der Waals surface area contributed by atoms with Crippen molar-refractivity contribution in [3.63, 3.8) is 0 Å². The first-order chi connectivity index (χ1) is 32.2. The molecule has 1 spiro atoms. The highest BCUT2D eigenvalue weighted by Gasteiger charge is 2.80. The maximum absolute atomic E-state index is 15.6.